The van der Waals surface area contributed by atoms with Gasteiger partial charge in [-0.15, -0.1) is 11.3 Å². The SMILES string of the molecule is N#Cc1cc2c(ccc3cc4ccccc4cc32)s1. The summed E-state index contributed by atoms with van der Waals surface area (Å²) >= 11 is 1.56. The first-order valence-electron chi connectivity index (χ1n) is 6.10. The fourth-order valence-electron chi connectivity index (χ4n) is 2.59. The predicted molar refractivity (Wildman–Crippen MR) is 81.6 cm³/mol. The van der Waals surface area contributed by atoms with Crippen LogP contribution in [0.15, 0.2) is 54.6 Å². The number of benzene rings is 3. The van der Waals surface area contributed by atoms with Crippen LogP contribution in [0.25, 0.3) is 31.6 Å². The van der Waals surface area contributed by atoms with Gasteiger partial charge < -0.3 is 0 Å². The maximum absolute atomic E-state index is 9.04. The van der Waals surface area contributed by atoms with Crippen molar-refractivity contribution in [1.82, 2.24) is 0 Å². The van der Waals surface area contributed by atoms with Crippen molar-refractivity contribution in [2.45, 2.75) is 0 Å². The van der Waals surface area contributed by atoms with Crippen LogP contribution in [0.4, 0.5) is 0 Å². The molecule has 88 valence electrons. The van der Waals surface area contributed by atoms with Gasteiger partial charge in [-0.3, -0.25) is 0 Å². The third-order valence-corrected chi connectivity index (χ3v) is 4.50. The molecule has 3 aromatic carbocycles. The van der Waals surface area contributed by atoms with Crippen molar-refractivity contribution in [2.75, 3.05) is 0 Å². The van der Waals surface area contributed by atoms with E-state index >= 15 is 0 Å². The second kappa shape index (κ2) is 3.81. The Bertz CT molecular complexity index is 973. The topological polar surface area (TPSA) is 23.8 Å². The minimum Gasteiger partial charge on any atom is -0.192 e. The highest BCUT2D eigenvalue weighted by atomic mass is 32.1. The highest BCUT2D eigenvalue weighted by molar-refractivity contribution is 7.19. The molecule has 19 heavy (non-hydrogen) atoms. The molecule has 1 heterocycles. The van der Waals surface area contributed by atoms with Crippen LogP contribution in [-0.2, 0) is 0 Å². The molecule has 1 aromatic heterocycles. The van der Waals surface area contributed by atoms with Crippen LogP contribution in [0.3, 0.4) is 0 Å². The van der Waals surface area contributed by atoms with Gasteiger partial charge in [-0.2, -0.15) is 5.26 Å². The van der Waals surface area contributed by atoms with Crippen molar-refractivity contribution < 1.29 is 0 Å². The molecule has 0 saturated heterocycles. The quantitative estimate of drug-likeness (QED) is 0.404. The van der Waals surface area contributed by atoms with E-state index in [4.69, 9.17) is 5.26 Å². The molecule has 0 spiro atoms. The fraction of sp³-hybridized carbons (Fsp3) is 0. The van der Waals surface area contributed by atoms with Crippen molar-refractivity contribution in [3.8, 4) is 6.07 Å². The first kappa shape index (κ1) is 10.5. The van der Waals surface area contributed by atoms with E-state index in [2.05, 4.69) is 54.6 Å². The monoisotopic (exact) mass is 259 g/mol. The van der Waals surface area contributed by atoms with Crippen molar-refractivity contribution in [2.24, 2.45) is 0 Å². The molecule has 0 aliphatic carbocycles. The summed E-state index contributed by atoms with van der Waals surface area (Å²) in [5.41, 5.74) is 0. The summed E-state index contributed by atoms with van der Waals surface area (Å²) in [6.45, 7) is 0. The van der Waals surface area contributed by atoms with E-state index in [1.807, 2.05) is 6.07 Å². The summed E-state index contributed by atoms with van der Waals surface area (Å²) in [6, 6.07) is 21.3. The standard InChI is InChI=1S/C17H9NS/c18-10-14-9-16-15-8-12-4-2-1-3-11(12)7-13(15)5-6-17(16)19-14/h1-9H. The zero-order valence-corrected chi connectivity index (χ0v) is 10.9. The Morgan fingerprint density at radius 2 is 1.58 bits per heavy atom. The molecular weight excluding hydrogens is 250 g/mol. The summed E-state index contributed by atoms with van der Waals surface area (Å²) in [5.74, 6) is 0. The first-order valence-corrected chi connectivity index (χ1v) is 6.92. The van der Waals surface area contributed by atoms with Crippen molar-refractivity contribution >= 4 is 43.0 Å². The van der Waals surface area contributed by atoms with Gasteiger partial charge in [-0.1, -0.05) is 30.3 Å². The van der Waals surface area contributed by atoms with Crippen LogP contribution in [0.1, 0.15) is 4.88 Å². The summed E-state index contributed by atoms with van der Waals surface area (Å²) in [4.78, 5) is 0.774. The van der Waals surface area contributed by atoms with Gasteiger partial charge in [0, 0.05) is 10.1 Å². The number of fused-ring (bicyclic) bond motifs is 4. The Morgan fingerprint density at radius 3 is 2.37 bits per heavy atom. The molecule has 0 bridgehead atoms. The maximum Gasteiger partial charge on any atom is 0.110 e. The predicted octanol–water partition coefficient (Wildman–Crippen LogP) is 5.08. The van der Waals surface area contributed by atoms with Crippen LogP contribution in [0, 0.1) is 11.3 Å². The van der Waals surface area contributed by atoms with E-state index in [-0.39, 0.29) is 0 Å². The fourth-order valence-corrected chi connectivity index (χ4v) is 3.46. The average molecular weight is 259 g/mol. The highest BCUT2D eigenvalue weighted by Crippen LogP contribution is 2.33. The molecule has 0 amide bonds. The molecular formula is C17H9NS. The molecule has 0 aliphatic heterocycles. The Labute approximate surface area is 114 Å². The third kappa shape index (κ3) is 1.53. The smallest absolute Gasteiger partial charge is 0.110 e. The summed E-state index contributed by atoms with van der Waals surface area (Å²) < 4.78 is 1.18. The van der Waals surface area contributed by atoms with E-state index < -0.39 is 0 Å². The minimum atomic E-state index is 0.774. The Balaban J connectivity index is 2.22. The molecule has 4 aromatic rings. The lowest BCUT2D eigenvalue weighted by atomic mass is 10.0. The van der Waals surface area contributed by atoms with Crippen molar-refractivity contribution in [3.63, 3.8) is 0 Å². The number of hydrogen-bond donors (Lipinski definition) is 0. The van der Waals surface area contributed by atoms with Gasteiger partial charge in [-0.25, -0.2) is 0 Å². The van der Waals surface area contributed by atoms with Gasteiger partial charge >= 0.3 is 0 Å². The molecule has 0 saturated carbocycles. The summed E-state index contributed by atoms with van der Waals surface area (Å²) in [7, 11) is 0. The zero-order chi connectivity index (χ0) is 12.8. The molecule has 0 fully saturated rings. The Kier molecular flexibility index (Phi) is 2.11. The second-order valence-corrected chi connectivity index (χ2v) is 5.70. The number of hydrogen-bond acceptors (Lipinski definition) is 2. The molecule has 2 heteroatoms. The number of thiophene rings is 1. The van der Waals surface area contributed by atoms with Gasteiger partial charge in [0.1, 0.15) is 10.9 Å². The lowest BCUT2D eigenvalue weighted by Crippen LogP contribution is -1.76. The van der Waals surface area contributed by atoms with Gasteiger partial charge in [0.15, 0.2) is 0 Å². The molecule has 0 N–H and O–H groups in total. The second-order valence-electron chi connectivity index (χ2n) is 4.62. The lowest BCUT2D eigenvalue weighted by Gasteiger charge is -2.03. The van der Waals surface area contributed by atoms with E-state index in [0.717, 1.165) is 4.88 Å². The van der Waals surface area contributed by atoms with Crippen molar-refractivity contribution in [1.29, 1.82) is 5.26 Å². The number of nitriles is 1. The summed E-state index contributed by atoms with van der Waals surface area (Å²) in [5, 5.41) is 15.2. The Morgan fingerprint density at radius 1 is 0.789 bits per heavy atom. The van der Waals surface area contributed by atoms with Gasteiger partial charge in [0.25, 0.3) is 0 Å². The third-order valence-electron chi connectivity index (χ3n) is 3.49. The molecule has 0 aliphatic rings. The van der Waals surface area contributed by atoms with Crippen molar-refractivity contribution in [3.05, 3.63) is 59.5 Å². The van der Waals surface area contributed by atoms with E-state index in [1.165, 1.54) is 31.6 Å². The number of rotatable bonds is 0. The van der Waals surface area contributed by atoms with Crippen LogP contribution in [-0.4, -0.2) is 0 Å². The maximum atomic E-state index is 9.04. The van der Waals surface area contributed by atoms with E-state index in [0.29, 0.717) is 0 Å². The van der Waals surface area contributed by atoms with E-state index in [1.54, 1.807) is 11.3 Å². The summed E-state index contributed by atoms with van der Waals surface area (Å²) in [6.07, 6.45) is 0. The molecule has 4 rings (SSSR count). The first-order chi connectivity index (χ1) is 9.35. The molecule has 0 radical (unpaired) electrons. The van der Waals surface area contributed by atoms with Crippen LogP contribution in [0.5, 0.6) is 0 Å². The van der Waals surface area contributed by atoms with Crippen LogP contribution in [0.2, 0.25) is 0 Å². The zero-order valence-electron chi connectivity index (χ0n) is 10.1. The van der Waals surface area contributed by atoms with Gasteiger partial charge in [0.05, 0.1) is 0 Å². The van der Waals surface area contributed by atoms with E-state index in [9.17, 15) is 0 Å². The van der Waals surface area contributed by atoms with Crippen LogP contribution >= 0.6 is 11.3 Å². The average Bonchev–Trinajstić information content (AvgIpc) is 2.89. The Hall–Kier alpha value is -2.37. The normalized spacial score (nSPS) is 11.1. The van der Waals surface area contributed by atoms with Gasteiger partial charge in [0.2, 0.25) is 0 Å². The molecule has 1 nitrogen and oxygen atoms in total. The lowest BCUT2D eigenvalue weighted by molar-refractivity contribution is 1.52. The number of nitrogens with zero attached hydrogens (tertiary/aromatic N) is 1. The van der Waals surface area contributed by atoms with Crippen LogP contribution < -0.4 is 0 Å². The largest absolute Gasteiger partial charge is 0.192 e. The minimum absolute atomic E-state index is 0.774. The highest BCUT2D eigenvalue weighted by Gasteiger charge is 2.06. The van der Waals surface area contributed by atoms with Gasteiger partial charge in [-0.05, 0) is 45.8 Å². The molecule has 0 unspecified atom stereocenters. The molecule has 0 atom stereocenters.